The molecule has 26 nitrogen and oxygen atoms in total. The van der Waals surface area contributed by atoms with Gasteiger partial charge in [-0.3, -0.25) is 9.80 Å². The molecule has 34 heteroatoms. The van der Waals surface area contributed by atoms with Gasteiger partial charge in [-0.05, 0) is 114 Å². The third kappa shape index (κ3) is 15.9. The van der Waals surface area contributed by atoms with Crippen LogP contribution in [0.2, 0.25) is 15.1 Å². The molecule has 104 heavy (non-hydrogen) atoms. The number of hydrogen-bond donors (Lipinski definition) is 7. The Bertz CT molecular complexity index is 5460. The van der Waals surface area contributed by atoms with E-state index < -0.39 is 37.5 Å². The van der Waals surface area contributed by atoms with E-state index in [9.17, 15) is 30.0 Å². The number of nitrogens with one attached hydrogen (secondary N) is 7. The fourth-order valence-corrected chi connectivity index (χ4v) is 15.9. The number of rotatable bonds is 17. The van der Waals surface area contributed by atoms with Crippen molar-refractivity contribution in [1.82, 2.24) is 92.8 Å². The van der Waals surface area contributed by atoms with Crippen LogP contribution in [0.15, 0.2) is 157 Å². The standard InChI is InChI=1S/C27H26ClFN8O2S.C23H22ClFN6O2S.C20H20ClFN8/c1-17-4-6-20(7-5-17)40(38,39)37-15-22(21-11-18(28)12-33-27(21)37)25-32-13-23(29)26(35-25)34-19-3-2-10-36(14-19)16-24-30-8-9-31-24;1-14-4-6-17(7-5-14)34(32,33)31-13-19(18-9-15(24)10-28-23(18)31)21-27-12-20(25)22(30-21)29-16-3-2-8-26-11-16;21-12-6-14-15(8-26-18(14)25-7-12)19-27-9-16(22)20(29-19)28-13-2-1-5-30(10-13)11-17-23-3-4-24-17/h4-9,11-13,15,19H,2-3,10,14,16H2,1H3,(H,30,31)(H,32,34,35);4-7,9-10,12-13,16,26H,2-3,8,11H2,1H3,(H,27,29,30);3-4,6-9,13H,1-2,5,10-11H2,(H,23,24)(H,25,26)(H,27,28,29). The van der Waals surface area contributed by atoms with Crippen LogP contribution in [0.1, 0.15) is 61.3 Å². The molecule has 0 bridgehead atoms. The van der Waals surface area contributed by atoms with Gasteiger partial charge in [-0.1, -0.05) is 70.2 Å². The number of nitrogens with zero attached hydrogens (tertiary/aromatic N) is 15. The molecule has 3 unspecified atom stereocenters. The fourth-order valence-electron chi connectivity index (χ4n) is 12.8. The molecule has 3 fully saturated rings. The minimum absolute atomic E-state index is 0.0327. The first-order valence-corrected chi connectivity index (χ1v) is 37.4. The monoisotopic (exact) mass is 1510 g/mol. The van der Waals surface area contributed by atoms with Gasteiger partial charge in [-0.2, -0.15) is 0 Å². The third-order valence-corrected chi connectivity index (χ3v) is 21.9. The summed E-state index contributed by atoms with van der Waals surface area (Å²) >= 11 is 18.5. The Morgan fingerprint density at radius 1 is 0.500 bits per heavy atom. The van der Waals surface area contributed by atoms with Gasteiger partial charge in [0.25, 0.3) is 20.0 Å². The summed E-state index contributed by atoms with van der Waals surface area (Å²) in [6.45, 7) is 10.2. The molecule has 3 aliphatic heterocycles. The van der Waals surface area contributed by atoms with Crippen molar-refractivity contribution in [3.8, 4) is 34.2 Å². The van der Waals surface area contributed by atoms with Gasteiger partial charge in [0.2, 0.25) is 0 Å². The predicted molar refractivity (Wildman–Crippen MR) is 392 cm³/mol. The Hall–Kier alpha value is -9.99. The summed E-state index contributed by atoms with van der Waals surface area (Å²) in [5.41, 5.74) is 4.38. The highest BCUT2D eigenvalue weighted by atomic mass is 35.5. The summed E-state index contributed by atoms with van der Waals surface area (Å²) in [6.07, 6.45) is 25.0. The summed E-state index contributed by atoms with van der Waals surface area (Å²) < 4.78 is 100. The molecular weight excluding hydrogens is 1440 g/mol. The van der Waals surface area contributed by atoms with Gasteiger partial charge in [0.15, 0.2) is 63.7 Å². The molecular formula is C70H68Cl3F3N22O4S2. The van der Waals surface area contributed by atoms with Crippen LogP contribution in [0, 0.1) is 31.3 Å². The summed E-state index contributed by atoms with van der Waals surface area (Å²) in [4.78, 5) is 61.4. The normalized spacial score (nSPS) is 16.8. The van der Waals surface area contributed by atoms with Gasteiger partial charge in [0, 0.05) is 133 Å². The lowest BCUT2D eigenvalue weighted by atomic mass is 10.1. The van der Waals surface area contributed by atoms with Gasteiger partial charge in [-0.25, -0.2) is 92.8 Å². The minimum Gasteiger partial charge on any atom is -0.364 e. The number of aromatic amines is 3. The van der Waals surface area contributed by atoms with E-state index in [4.69, 9.17) is 34.8 Å². The lowest BCUT2D eigenvalue weighted by molar-refractivity contribution is 0.204. The van der Waals surface area contributed by atoms with E-state index in [2.05, 4.69) is 101 Å². The van der Waals surface area contributed by atoms with Crippen LogP contribution in [0.25, 0.3) is 67.3 Å². The molecule has 3 atom stereocenters. The Morgan fingerprint density at radius 2 is 0.923 bits per heavy atom. The summed E-state index contributed by atoms with van der Waals surface area (Å²) in [5, 5.41) is 15.7. The Morgan fingerprint density at radius 3 is 1.36 bits per heavy atom. The molecule has 0 radical (unpaired) electrons. The number of piperidine rings is 3. The molecule has 14 heterocycles. The molecule has 3 aliphatic rings. The molecule has 16 rings (SSSR count). The average Bonchev–Trinajstić information content (AvgIpc) is 1.60. The number of fused-ring (bicyclic) bond motifs is 3. The van der Waals surface area contributed by atoms with E-state index >= 15 is 0 Å². The molecule has 0 aliphatic carbocycles. The lowest BCUT2D eigenvalue weighted by Crippen LogP contribution is -2.42. The number of likely N-dealkylation sites (tertiary alicyclic amines) is 2. The number of aryl methyl sites for hydroxylation is 2. The second-order valence-corrected chi connectivity index (χ2v) is 30.4. The number of imidazole rings is 2. The van der Waals surface area contributed by atoms with E-state index in [1.54, 1.807) is 97.7 Å². The topological polar surface area (TPSA) is 322 Å². The van der Waals surface area contributed by atoms with Gasteiger partial charge < -0.3 is 36.2 Å². The quantitative estimate of drug-likeness (QED) is 0.0445. The number of H-pyrrole nitrogens is 3. The SMILES string of the molecule is Cc1ccc(S(=O)(=O)n2cc(-c3ncc(F)c(NC4CCCN(Cc5ncc[nH]5)C4)n3)c3cc(Cl)cnc32)cc1.Cc1ccc(S(=O)(=O)n2cc(-c3ncc(F)c(NC4CCCNC4)n3)c3cc(Cl)cnc32)cc1.Fc1cnc(-c2c[nH]c3ncc(Cl)cc23)nc1NC1CCCN(Cc2ncc[nH]2)C1. The van der Waals surface area contributed by atoms with Crippen molar-refractivity contribution < 1.29 is 30.0 Å². The highest BCUT2D eigenvalue weighted by Gasteiger charge is 2.30. The minimum atomic E-state index is -4.00. The summed E-state index contributed by atoms with van der Waals surface area (Å²) in [5.74, 6) is 1.20. The zero-order chi connectivity index (χ0) is 72.2. The molecule has 3 saturated heterocycles. The number of hydrogen-bond acceptors (Lipinski definition) is 21. The van der Waals surface area contributed by atoms with Crippen molar-refractivity contribution in [2.45, 2.75) is 93.4 Å². The first kappa shape index (κ1) is 71.0. The largest absolute Gasteiger partial charge is 0.364 e. The second kappa shape index (κ2) is 30.8. The lowest BCUT2D eigenvalue weighted by Gasteiger charge is -2.32. The molecule has 0 spiro atoms. The van der Waals surface area contributed by atoms with E-state index in [-0.39, 0.29) is 68.3 Å². The zero-order valence-corrected chi connectivity index (χ0v) is 59.8. The van der Waals surface area contributed by atoms with Crippen molar-refractivity contribution in [2.24, 2.45) is 0 Å². The van der Waals surface area contributed by atoms with E-state index in [0.717, 1.165) is 125 Å². The maximum Gasteiger partial charge on any atom is 0.269 e. The molecule has 7 N–H and O–H groups in total. The molecule has 536 valence electrons. The van der Waals surface area contributed by atoms with E-state index in [1.165, 1.54) is 31.0 Å². The maximum atomic E-state index is 14.9. The van der Waals surface area contributed by atoms with Crippen LogP contribution in [0.4, 0.5) is 30.6 Å². The predicted octanol–water partition coefficient (Wildman–Crippen LogP) is 12.2. The first-order chi connectivity index (χ1) is 50.3. The number of anilines is 3. The highest BCUT2D eigenvalue weighted by Crippen LogP contribution is 2.36. The van der Waals surface area contributed by atoms with Crippen molar-refractivity contribution >= 4 is 105 Å². The van der Waals surface area contributed by atoms with Gasteiger partial charge in [0.1, 0.15) is 17.3 Å². The van der Waals surface area contributed by atoms with Crippen LogP contribution in [-0.2, 0) is 33.1 Å². The van der Waals surface area contributed by atoms with Gasteiger partial charge in [0.05, 0.1) is 56.5 Å². The van der Waals surface area contributed by atoms with Crippen LogP contribution in [0.3, 0.4) is 0 Å². The van der Waals surface area contributed by atoms with Crippen LogP contribution in [-0.4, -0.2) is 162 Å². The van der Waals surface area contributed by atoms with Gasteiger partial charge >= 0.3 is 0 Å². The van der Waals surface area contributed by atoms with Gasteiger partial charge in [-0.15, -0.1) is 0 Å². The summed E-state index contributed by atoms with van der Waals surface area (Å²) in [7, 11) is -7.96. The molecule has 2 aromatic carbocycles. The molecule has 11 aromatic heterocycles. The van der Waals surface area contributed by atoms with Crippen LogP contribution >= 0.6 is 34.8 Å². The fraction of sp³-hybridized carbons (Fsp3) is 0.271. The van der Waals surface area contributed by atoms with E-state index in [0.29, 0.717) is 68.1 Å². The number of pyridine rings is 3. The van der Waals surface area contributed by atoms with E-state index in [1.807, 2.05) is 20.0 Å². The van der Waals surface area contributed by atoms with Crippen LogP contribution < -0.4 is 21.3 Å². The number of halogens is 6. The molecule has 13 aromatic rings. The van der Waals surface area contributed by atoms with Crippen molar-refractivity contribution in [1.29, 1.82) is 0 Å². The highest BCUT2D eigenvalue weighted by molar-refractivity contribution is 7.90. The van der Waals surface area contributed by atoms with Crippen molar-refractivity contribution in [2.75, 3.05) is 55.2 Å². The first-order valence-electron chi connectivity index (χ1n) is 33.4. The average molecular weight is 1510 g/mol. The van der Waals surface area contributed by atoms with Crippen molar-refractivity contribution in [3.63, 3.8) is 0 Å². The smallest absolute Gasteiger partial charge is 0.269 e. The zero-order valence-electron chi connectivity index (χ0n) is 55.9. The molecule has 0 saturated carbocycles. The Kier molecular flexibility index (Phi) is 21.0. The van der Waals surface area contributed by atoms with Crippen LogP contribution in [0.5, 0.6) is 0 Å². The van der Waals surface area contributed by atoms with Crippen molar-refractivity contribution in [3.05, 3.63) is 203 Å². The maximum absolute atomic E-state index is 14.9. The Labute approximate surface area is 609 Å². The number of aromatic nitrogens is 16. The third-order valence-electron chi connectivity index (χ3n) is 18.0. The Balaban J connectivity index is 0.000000133. The summed E-state index contributed by atoms with van der Waals surface area (Å²) in [6, 6.07) is 18.2. The number of benzene rings is 2. The molecule has 0 amide bonds. The second-order valence-electron chi connectivity index (χ2n) is 25.5.